The molecule has 1 aromatic heterocycles. The highest BCUT2D eigenvalue weighted by Crippen LogP contribution is 2.40. The first-order chi connectivity index (χ1) is 20.5. The number of ether oxygens (including phenoxy) is 1. The normalized spacial score (nSPS) is 19.2. The lowest BCUT2D eigenvalue weighted by molar-refractivity contribution is -0.120. The van der Waals surface area contributed by atoms with Gasteiger partial charge in [0.1, 0.15) is 24.1 Å². The molecule has 0 spiro atoms. The quantitative estimate of drug-likeness (QED) is 0.328. The highest BCUT2D eigenvalue weighted by atomic mass is 16.5. The van der Waals surface area contributed by atoms with Crippen LogP contribution in [-0.2, 0) is 11.4 Å². The summed E-state index contributed by atoms with van der Waals surface area (Å²) in [5, 5.41) is 6.53. The number of likely N-dealkylation sites (N-methyl/N-ethyl adjacent to an activating group) is 1. The van der Waals surface area contributed by atoms with Gasteiger partial charge in [-0.1, -0.05) is 62.9 Å². The van der Waals surface area contributed by atoms with E-state index in [1.165, 1.54) is 0 Å². The van der Waals surface area contributed by atoms with Crippen LogP contribution in [0.1, 0.15) is 80.6 Å². The molecule has 2 aliphatic carbocycles. The first-order valence-corrected chi connectivity index (χ1v) is 15.3. The minimum absolute atomic E-state index is 0.0873. The Bertz CT molecular complexity index is 1420. The molecule has 220 valence electrons. The molecule has 2 fully saturated rings. The number of aromatic nitrogens is 2. The third kappa shape index (κ3) is 5.78. The first kappa shape index (κ1) is 28.0. The van der Waals surface area contributed by atoms with Gasteiger partial charge in [-0.05, 0) is 55.9 Å². The van der Waals surface area contributed by atoms with Crippen LogP contribution in [0, 0.1) is 0 Å². The van der Waals surface area contributed by atoms with Crippen LogP contribution in [0.15, 0.2) is 54.7 Å². The smallest absolute Gasteiger partial charge is 0.251 e. The molecular weight excluding hydrogens is 528 g/mol. The van der Waals surface area contributed by atoms with Gasteiger partial charge >= 0.3 is 0 Å². The van der Waals surface area contributed by atoms with Crippen molar-refractivity contribution in [3.63, 3.8) is 0 Å². The van der Waals surface area contributed by atoms with Gasteiger partial charge < -0.3 is 25.2 Å². The van der Waals surface area contributed by atoms with Crippen LogP contribution >= 0.6 is 0 Å². The van der Waals surface area contributed by atoms with E-state index in [0.717, 1.165) is 68.4 Å². The number of nitrogens with zero attached hydrogens (tertiary/aromatic N) is 4. The van der Waals surface area contributed by atoms with Crippen molar-refractivity contribution in [1.29, 1.82) is 0 Å². The lowest BCUT2D eigenvalue weighted by Gasteiger charge is -2.43. The fraction of sp³-hybridized carbons (Fsp3) is 0.455. The average molecular weight is 569 g/mol. The third-order valence-corrected chi connectivity index (χ3v) is 8.83. The summed E-state index contributed by atoms with van der Waals surface area (Å²) < 4.78 is 6.28. The number of rotatable bonds is 9. The predicted molar refractivity (Wildman–Crippen MR) is 164 cm³/mol. The highest BCUT2D eigenvalue weighted by molar-refractivity contribution is 6.04. The van der Waals surface area contributed by atoms with Gasteiger partial charge in [-0.3, -0.25) is 9.59 Å². The van der Waals surface area contributed by atoms with Crippen molar-refractivity contribution in [2.75, 3.05) is 22.2 Å². The minimum atomic E-state index is -0.240. The van der Waals surface area contributed by atoms with Gasteiger partial charge in [-0.2, -0.15) is 4.98 Å². The van der Waals surface area contributed by atoms with Crippen molar-refractivity contribution in [2.24, 2.45) is 0 Å². The van der Waals surface area contributed by atoms with E-state index in [4.69, 9.17) is 9.72 Å². The van der Waals surface area contributed by atoms with Gasteiger partial charge in [-0.25, -0.2) is 4.98 Å². The Morgan fingerprint density at radius 1 is 1.02 bits per heavy atom. The lowest BCUT2D eigenvalue weighted by atomic mass is 10.0. The van der Waals surface area contributed by atoms with Crippen LogP contribution in [0.2, 0.25) is 0 Å². The molecule has 0 unspecified atom stereocenters. The fourth-order valence-electron chi connectivity index (χ4n) is 6.52. The number of anilines is 4. The number of nitrogens with one attached hydrogen (secondary N) is 2. The van der Waals surface area contributed by atoms with Gasteiger partial charge in [0.15, 0.2) is 5.82 Å². The van der Waals surface area contributed by atoms with Crippen LogP contribution in [0.3, 0.4) is 0 Å². The van der Waals surface area contributed by atoms with E-state index in [9.17, 15) is 9.59 Å². The van der Waals surface area contributed by atoms with Crippen LogP contribution < -0.4 is 25.2 Å². The molecule has 9 heteroatoms. The van der Waals surface area contributed by atoms with E-state index in [0.29, 0.717) is 36.0 Å². The summed E-state index contributed by atoms with van der Waals surface area (Å²) in [5.74, 6) is 1.75. The van der Waals surface area contributed by atoms with E-state index >= 15 is 0 Å². The number of carbonyl (C=O) groups excluding carboxylic acids is 2. The summed E-state index contributed by atoms with van der Waals surface area (Å²) in [6.45, 7) is 2.42. The number of fused-ring (bicyclic) bond motifs is 1. The monoisotopic (exact) mass is 568 g/mol. The fourth-order valence-corrected chi connectivity index (χ4v) is 6.52. The Morgan fingerprint density at radius 2 is 1.76 bits per heavy atom. The van der Waals surface area contributed by atoms with E-state index < -0.39 is 0 Å². The summed E-state index contributed by atoms with van der Waals surface area (Å²) in [7, 11) is 1.80. The molecule has 3 aliphatic rings. The maximum absolute atomic E-state index is 13.3. The second-order valence-corrected chi connectivity index (χ2v) is 11.6. The Labute approximate surface area is 247 Å². The van der Waals surface area contributed by atoms with Crippen molar-refractivity contribution in [3.05, 3.63) is 65.9 Å². The molecule has 0 radical (unpaired) electrons. The SMILES string of the molecule is CC[C@@H]1C(=O)N(C)c2cnc(Nc3ccc(C(=O)NC4CCCC4)cc3OCc3ccccc3)nc2N1C1CCCC1. The molecule has 3 aromatic rings. The third-order valence-electron chi connectivity index (χ3n) is 8.83. The van der Waals surface area contributed by atoms with E-state index in [2.05, 4.69) is 27.4 Å². The largest absolute Gasteiger partial charge is 0.487 e. The number of carbonyl (C=O) groups is 2. The second kappa shape index (κ2) is 12.4. The summed E-state index contributed by atoms with van der Waals surface area (Å²) in [6.07, 6.45) is 11.2. The Balaban J connectivity index is 1.30. The average Bonchev–Trinajstić information content (AvgIpc) is 3.74. The molecule has 2 N–H and O–H groups in total. The summed E-state index contributed by atoms with van der Waals surface area (Å²) in [5.41, 5.74) is 2.98. The van der Waals surface area contributed by atoms with Gasteiger partial charge in [0.05, 0.1) is 11.9 Å². The molecule has 2 amide bonds. The zero-order chi connectivity index (χ0) is 29.1. The maximum atomic E-state index is 13.3. The number of amides is 2. The lowest BCUT2D eigenvalue weighted by Crippen LogP contribution is -2.55. The molecule has 6 rings (SSSR count). The number of hydrogen-bond donors (Lipinski definition) is 2. The molecule has 0 saturated heterocycles. The number of hydrogen-bond acceptors (Lipinski definition) is 7. The number of benzene rings is 2. The maximum Gasteiger partial charge on any atom is 0.251 e. The molecule has 2 heterocycles. The van der Waals surface area contributed by atoms with Crippen molar-refractivity contribution < 1.29 is 14.3 Å². The Hall–Kier alpha value is -4.14. The zero-order valence-electron chi connectivity index (χ0n) is 24.5. The van der Waals surface area contributed by atoms with Gasteiger partial charge in [0.2, 0.25) is 11.9 Å². The Kier molecular flexibility index (Phi) is 8.26. The van der Waals surface area contributed by atoms with Gasteiger partial charge in [0, 0.05) is 24.7 Å². The highest BCUT2D eigenvalue weighted by Gasteiger charge is 2.41. The molecule has 0 bridgehead atoms. The second-order valence-electron chi connectivity index (χ2n) is 11.6. The van der Waals surface area contributed by atoms with E-state index in [1.54, 1.807) is 24.2 Å². The van der Waals surface area contributed by atoms with Crippen LogP contribution in [-0.4, -0.2) is 47.0 Å². The molecular formula is C33H40N6O3. The van der Waals surface area contributed by atoms with Crippen LogP contribution in [0.25, 0.3) is 0 Å². The van der Waals surface area contributed by atoms with Crippen molar-refractivity contribution in [1.82, 2.24) is 15.3 Å². The zero-order valence-corrected chi connectivity index (χ0v) is 24.5. The standard InChI is InChI=1S/C33H40N6O3/c1-3-27-32(41)38(2)28-20-34-33(37-30(28)39(27)25-15-9-10-16-25)36-26-18-17-23(31(40)35-24-13-7-8-14-24)19-29(26)42-21-22-11-5-4-6-12-22/h4-6,11-12,17-20,24-25,27H,3,7-10,13-16,21H2,1-2H3,(H,35,40)(H,34,36,37)/t27-/m1/s1. The molecule has 42 heavy (non-hydrogen) atoms. The first-order valence-electron chi connectivity index (χ1n) is 15.3. The Morgan fingerprint density at radius 3 is 2.50 bits per heavy atom. The minimum Gasteiger partial charge on any atom is -0.487 e. The van der Waals surface area contributed by atoms with Crippen molar-refractivity contribution >= 4 is 35.0 Å². The van der Waals surface area contributed by atoms with Gasteiger partial charge in [-0.15, -0.1) is 0 Å². The van der Waals surface area contributed by atoms with Crippen molar-refractivity contribution in [3.8, 4) is 5.75 Å². The summed E-state index contributed by atoms with van der Waals surface area (Å²) in [4.78, 5) is 39.8. The molecule has 2 saturated carbocycles. The summed E-state index contributed by atoms with van der Waals surface area (Å²) in [6, 6.07) is 15.7. The molecule has 9 nitrogen and oxygen atoms in total. The van der Waals surface area contributed by atoms with Crippen LogP contribution in [0.4, 0.5) is 23.1 Å². The molecule has 1 aliphatic heterocycles. The molecule has 1 atom stereocenters. The van der Waals surface area contributed by atoms with Crippen LogP contribution in [0.5, 0.6) is 5.75 Å². The topological polar surface area (TPSA) is 99.7 Å². The molecule has 2 aromatic carbocycles. The van der Waals surface area contributed by atoms with Crippen molar-refractivity contribution in [2.45, 2.75) is 89.4 Å². The summed E-state index contributed by atoms with van der Waals surface area (Å²) >= 11 is 0. The predicted octanol–water partition coefficient (Wildman–Crippen LogP) is 5.98. The van der Waals surface area contributed by atoms with E-state index in [1.807, 2.05) is 42.5 Å². The van der Waals surface area contributed by atoms with E-state index in [-0.39, 0.29) is 29.9 Å². The van der Waals surface area contributed by atoms with Gasteiger partial charge in [0.25, 0.3) is 5.91 Å².